The molecule has 0 spiro atoms. The number of rotatable bonds is 12. The molecule has 0 bridgehead atoms. The van der Waals surface area contributed by atoms with Gasteiger partial charge in [0.2, 0.25) is 0 Å². The van der Waals surface area contributed by atoms with Crippen molar-refractivity contribution in [2.24, 2.45) is 10.2 Å². The van der Waals surface area contributed by atoms with Crippen molar-refractivity contribution in [2.75, 3.05) is 11.9 Å². The lowest BCUT2D eigenvalue weighted by atomic mass is 10.1. The van der Waals surface area contributed by atoms with E-state index < -0.39 is 0 Å². The van der Waals surface area contributed by atoms with Gasteiger partial charge in [-0.1, -0.05) is 48.0 Å². The van der Waals surface area contributed by atoms with Crippen molar-refractivity contribution in [1.82, 2.24) is 0 Å². The van der Waals surface area contributed by atoms with Crippen LogP contribution in [0.5, 0.6) is 5.75 Å². The Morgan fingerprint density at radius 3 is 1.81 bits per heavy atom. The van der Waals surface area contributed by atoms with Crippen LogP contribution in [0.1, 0.15) is 50.5 Å². The SMILES string of the molecule is N#Cc1ccc(N=Nc2ccc(OCCCCCCCCCBr)cc2)cc1. The van der Waals surface area contributed by atoms with E-state index in [2.05, 4.69) is 32.2 Å². The van der Waals surface area contributed by atoms with Crippen molar-refractivity contribution in [2.45, 2.75) is 44.9 Å². The minimum absolute atomic E-state index is 0.616. The zero-order valence-electron chi connectivity index (χ0n) is 15.6. The van der Waals surface area contributed by atoms with Crippen LogP contribution >= 0.6 is 15.9 Å². The number of nitriles is 1. The molecule has 0 aliphatic carbocycles. The highest BCUT2D eigenvalue weighted by atomic mass is 79.9. The van der Waals surface area contributed by atoms with Gasteiger partial charge in [-0.05, 0) is 61.4 Å². The molecule has 0 saturated heterocycles. The van der Waals surface area contributed by atoms with Gasteiger partial charge < -0.3 is 4.74 Å². The number of hydrogen-bond acceptors (Lipinski definition) is 4. The first-order chi connectivity index (χ1) is 13.3. The van der Waals surface area contributed by atoms with Crippen LogP contribution in [0.15, 0.2) is 58.8 Å². The molecule has 0 heterocycles. The average molecular weight is 428 g/mol. The molecule has 0 aliphatic rings. The average Bonchev–Trinajstić information content (AvgIpc) is 2.72. The van der Waals surface area contributed by atoms with Crippen molar-refractivity contribution in [1.29, 1.82) is 5.26 Å². The Labute approximate surface area is 170 Å². The molecule has 0 radical (unpaired) electrons. The smallest absolute Gasteiger partial charge is 0.119 e. The molecular formula is C22H26BrN3O. The molecule has 4 nitrogen and oxygen atoms in total. The number of benzene rings is 2. The molecule has 2 aromatic carbocycles. The lowest BCUT2D eigenvalue weighted by Crippen LogP contribution is -1.96. The lowest BCUT2D eigenvalue weighted by Gasteiger charge is -2.06. The van der Waals surface area contributed by atoms with Gasteiger partial charge >= 0.3 is 0 Å². The fourth-order valence-electron chi connectivity index (χ4n) is 2.60. The summed E-state index contributed by atoms with van der Waals surface area (Å²) in [4.78, 5) is 0. The summed E-state index contributed by atoms with van der Waals surface area (Å²) in [6, 6.07) is 16.7. The third-order valence-corrected chi connectivity index (χ3v) is 4.72. The van der Waals surface area contributed by atoms with Crippen molar-refractivity contribution >= 4 is 27.3 Å². The first-order valence-electron chi connectivity index (χ1n) is 9.52. The predicted octanol–water partition coefficient (Wildman–Crippen LogP) is 7.48. The van der Waals surface area contributed by atoms with E-state index in [0.717, 1.165) is 35.5 Å². The molecule has 5 heteroatoms. The molecule has 0 aliphatic heterocycles. The second-order valence-electron chi connectivity index (χ2n) is 6.36. The number of halogens is 1. The Balaban J connectivity index is 1.64. The summed E-state index contributed by atoms with van der Waals surface area (Å²) in [5.41, 5.74) is 2.11. The second-order valence-corrected chi connectivity index (χ2v) is 7.16. The number of azo groups is 1. The Morgan fingerprint density at radius 2 is 1.26 bits per heavy atom. The molecule has 0 atom stereocenters. The Morgan fingerprint density at radius 1 is 0.741 bits per heavy atom. The number of hydrogen-bond donors (Lipinski definition) is 0. The van der Waals surface area contributed by atoms with Gasteiger partial charge in [-0.2, -0.15) is 15.5 Å². The summed E-state index contributed by atoms with van der Waals surface area (Å²) in [7, 11) is 0. The topological polar surface area (TPSA) is 57.7 Å². The van der Waals surface area contributed by atoms with Gasteiger partial charge in [0.25, 0.3) is 0 Å². The third-order valence-electron chi connectivity index (χ3n) is 4.16. The summed E-state index contributed by atoms with van der Waals surface area (Å²) >= 11 is 3.47. The first kappa shape index (κ1) is 21.1. The highest BCUT2D eigenvalue weighted by Crippen LogP contribution is 2.21. The van der Waals surface area contributed by atoms with Gasteiger partial charge in [-0.3, -0.25) is 0 Å². The predicted molar refractivity (Wildman–Crippen MR) is 113 cm³/mol. The maximum Gasteiger partial charge on any atom is 0.119 e. The minimum atomic E-state index is 0.616. The molecule has 0 amide bonds. The van der Waals surface area contributed by atoms with Crippen molar-refractivity contribution in [3.8, 4) is 11.8 Å². The maximum absolute atomic E-state index is 8.79. The van der Waals surface area contributed by atoms with Crippen LogP contribution in [0.2, 0.25) is 0 Å². The minimum Gasteiger partial charge on any atom is -0.494 e. The third kappa shape index (κ3) is 8.83. The molecule has 0 saturated carbocycles. The van der Waals surface area contributed by atoms with Crippen LogP contribution in [-0.4, -0.2) is 11.9 Å². The fraction of sp³-hybridized carbons (Fsp3) is 0.409. The van der Waals surface area contributed by atoms with Crippen LogP contribution in [0.4, 0.5) is 11.4 Å². The number of alkyl halides is 1. The zero-order valence-corrected chi connectivity index (χ0v) is 17.2. The second kappa shape index (κ2) is 13.1. The number of unbranched alkanes of at least 4 members (excludes halogenated alkanes) is 6. The fourth-order valence-corrected chi connectivity index (χ4v) is 2.99. The highest BCUT2D eigenvalue weighted by Gasteiger charge is 1.97. The summed E-state index contributed by atoms with van der Waals surface area (Å²) < 4.78 is 5.79. The molecular weight excluding hydrogens is 402 g/mol. The van der Waals surface area contributed by atoms with Crippen molar-refractivity contribution in [3.05, 3.63) is 54.1 Å². The quantitative estimate of drug-likeness (QED) is 0.200. The van der Waals surface area contributed by atoms with E-state index in [1.54, 1.807) is 24.3 Å². The molecule has 0 N–H and O–H groups in total. The summed E-state index contributed by atoms with van der Waals surface area (Å²) in [6.07, 6.45) is 8.89. The van der Waals surface area contributed by atoms with Gasteiger partial charge in [-0.25, -0.2) is 0 Å². The largest absolute Gasteiger partial charge is 0.494 e. The van der Waals surface area contributed by atoms with Crippen LogP contribution in [0, 0.1) is 11.3 Å². The van der Waals surface area contributed by atoms with Crippen LogP contribution in [0.25, 0.3) is 0 Å². The van der Waals surface area contributed by atoms with Gasteiger partial charge in [0.05, 0.1) is 29.6 Å². The normalized spacial score (nSPS) is 10.8. The summed E-state index contributed by atoms with van der Waals surface area (Å²) in [5.74, 6) is 0.865. The van der Waals surface area contributed by atoms with Gasteiger partial charge in [0.15, 0.2) is 0 Å². The first-order valence-corrected chi connectivity index (χ1v) is 10.6. The summed E-state index contributed by atoms with van der Waals surface area (Å²) in [6.45, 7) is 0.757. The monoisotopic (exact) mass is 427 g/mol. The zero-order chi connectivity index (χ0) is 19.2. The Hall–Kier alpha value is -2.19. The molecule has 2 aromatic rings. The van der Waals surface area contributed by atoms with E-state index in [0.29, 0.717) is 5.56 Å². The van der Waals surface area contributed by atoms with E-state index in [1.165, 1.54) is 38.5 Å². The van der Waals surface area contributed by atoms with Crippen LogP contribution in [0.3, 0.4) is 0 Å². The Kier molecular flexibility index (Phi) is 10.2. The van der Waals surface area contributed by atoms with Crippen molar-refractivity contribution < 1.29 is 4.74 Å². The van der Waals surface area contributed by atoms with Crippen LogP contribution in [-0.2, 0) is 0 Å². The Bertz CT molecular complexity index is 721. The molecule has 142 valence electrons. The highest BCUT2D eigenvalue weighted by molar-refractivity contribution is 9.09. The molecule has 0 fully saturated rings. The number of nitrogens with zero attached hydrogens (tertiary/aromatic N) is 3. The van der Waals surface area contributed by atoms with E-state index in [4.69, 9.17) is 10.00 Å². The summed E-state index contributed by atoms with van der Waals surface area (Å²) in [5, 5.41) is 18.3. The van der Waals surface area contributed by atoms with Crippen LogP contribution < -0.4 is 4.74 Å². The molecule has 27 heavy (non-hydrogen) atoms. The maximum atomic E-state index is 8.79. The van der Waals surface area contributed by atoms with Gasteiger partial charge in [0.1, 0.15) is 5.75 Å². The number of ether oxygens (including phenoxy) is 1. The van der Waals surface area contributed by atoms with E-state index in [-0.39, 0.29) is 0 Å². The van der Waals surface area contributed by atoms with E-state index in [9.17, 15) is 0 Å². The molecule has 0 unspecified atom stereocenters. The van der Waals surface area contributed by atoms with E-state index >= 15 is 0 Å². The molecule has 2 rings (SSSR count). The molecule has 0 aromatic heterocycles. The van der Waals surface area contributed by atoms with Gasteiger partial charge in [-0.15, -0.1) is 0 Å². The lowest BCUT2D eigenvalue weighted by molar-refractivity contribution is 0.304. The van der Waals surface area contributed by atoms with Gasteiger partial charge in [0, 0.05) is 5.33 Å². The van der Waals surface area contributed by atoms with E-state index in [1.807, 2.05) is 24.3 Å². The standard InChI is InChI=1S/C22H26BrN3O/c23-16-6-4-2-1-3-5-7-17-27-22-14-12-21(13-15-22)26-25-20-10-8-19(18-24)9-11-20/h8-15H,1-7,16-17H2. The van der Waals surface area contributed by atoms with Crippen molar-refractivity contribution in [3.63, 3.8) is 0 Å².